The second-order valence-corrected chi connectivity index (χ2v) is 6.04. The quantitative estimate of drug-likeness (QED) is 0.563. The highest BCUT2D eigenvalue weighted by Gasteiger charge is 2.28. The van der Waals surface area contributed by atoms with Gasteiger partial charge in [-0.05, 0) is 43.8 Å². The maximum Gasteiger partial charge on any atom is 0.220 e. The Morgan fingerprint density at radius 3 is 2.44 bits per heavy atom. The minimum absolute atomic E-state index is 0.0366. The number of carbonyl (C=O) groups excluding carboxylic acids is 2. The molecule has 0 amide bonds. The monoisotopic (exact) mass is 378 g/mol. The summed E-state index contributed by atoms with van der Waals surface area (Å²) in [5.41, 5.74) is 0.175. The summed E-state index contributed by atoms with van der Waals surface area (Å²) in [5, 5.41) is 0. The number of hydrogen-bond acceptors (Lipinski definition) is 2. The van der Waals surface area contributed by atoms with Crippen LogP contribution in [0.2, 0.25) is 0 Å². The van der Waals surface area contributed by atoms with Crippen molar-refractivity contribution < 1.29 is 14.0 Å². The van der Waals surface area contributed by atoms with Gasteiger partial charge in [0, 0.05) is 20.9 Å². The third-order valence-corrected chi connectivity index (χ3v) is 4.39. The number of alkyl halides is 1. The van der Waals surface area contributed by atoms with Crippen LogP contribution in [0.25, 0.3) is 0 Å². The van der Waals surface area contributed by atoms with Crippen molar-refractivity contribution >= 4 is 43.4 Å². The van der Waals surface area contributed by atoms with E-state index < -0.39 is 17.7 Å². The van der Waals surface area contributed by atoms with Crippen LogP contribution in [0.15, 0.2) is 27.1 Å². The molecule has 0 fully saturated rings. The minimum Gasteiger partial charge on any atom is -0.296 e. The van der Waals surface area contributed by atoms with Crippen LogP contribution >= 0.6 is 31.9 Å². The lowest BCUT2D eigenvalue weighted by Gasteiger charge is -2.10. The topological polar surface area (TPSA) is 34.1 Å². The van der Waals surface area contributed by atoms with Crippen LogP contribution in [0.3, 0.4) is 0 Å². The van der Waals surface area contributed by atoms with E-state index in [0.717, 1.165) is 0 Å². The van der Waals surface area contributed by atoms with Gasteiger partial charge < -0.3 is 0 Å². The predicted molar refractivity (Wildman–Crippen MR) is 75.5 cm³/mol. The molecule has 0 bridgehead atoms. The highest BCUT2D eigenvalue weighted by molar-refractivity contribution is 9.13. The molecule has 0 saturated heterocycles. The largest absolute Gasteiger partial charge is 0.296 e. The standard InChI is InChI=1S/C13H13Br2FO2/c1-7(2)6-10(17)12(16)13(18)8-4-3-5-9(14)11(8)15/h3-5,7,12H,6H2,1-2H3. The van der Waals surface area contributed by atoms with E-state index >= 15 is 0 Å². The van der Waals surface area contributed by atoms with Crippen molar-refractivity contribution in [1.29, 1.82) is 0 Å². The van der Waals surface area contributed by atoms with Crippen molar-refractivity contribution in [3.63, 3.8) is 0 Å². The SMILES string of the molecule is CC(C)CC(=O)C(F)C(=O)c1cccc(Br)c1Br. The molecule has 98 valence electrons. The molecule has 0 saturated carbocycles. The number of halogens is 3. The lowest BCUT2D eigenvalue weighted by atomic mass is 9.98. The zero-order chi connectivity index (χ0) is 13.9. The van der Waals surface area contributed by atoms with E-state index in [2.05, 4.69) is 31.9 Å². The molecule has 1 aromatic carbocycles. The lowest BCUT2D eigenvalue weighted by Crippen LogP contribution is -2.27. The van der Waals surface area contributed by atoms with Gasteiger partial charge in [0.25, 0.3) is 0 Å². The fraction of sp³-hybridized carbons (Fsp3) is 0.385. The Kier molecular flexibility index (Phi) is 5.66. The van der Waals surface area contributed by atoms with Gasteiger partial charge in [-0.2, -0.15) is 0 Å². The van der Waals surface area contributed by atoms with E-state index in [9.17, 15) is 14.0 Å². The first-order chi connectivity index (χ1) is 8.34. The van der Waals surface area contributed by atoms with Crippen LogP contribution in [-0.4, -0.2) is 17.7 Å². The summed E-state index contributed by atoms with van der Waals surface area (Å²) in [6, 6.07) is 4.85. The Morgan fingerprint density at radius 1 is 1.28 bits per heavy atom. The smallest absolute Gasteiger partial charge is 0.220 e. The number of benzene rings is 1. The van der Waals surface area contributed by atoms with Gasteiger partial charge in [-0.1, -0.05) is 26.0 Å². The van der Waals surface area contributed by atoms with Crippen LogP contribution in [0.4, 0.5) is 4.39 Å². The summed E-state index contributed by atoms with van der Waals surface area (Å²) < 4.78 is 14.9. The van der Waals surface area contributed by atoms with Crippen molar-refractivity contribution in [1.82, 2.24) is 0 Å². The third kappa shape index (κ3) is 3.72. The molecule has 0 spiro atoms. The van der Waals surface area contributed by atoms with E-state index in [1.54, 1.807) is 12.1 Å². The molecule has 0 aliphatic rings. The summed E-state index contributed by atoms with van der Waals surface area (Å²) in [6.07, 6.45) is -2.02. The Bertz CT molecular complexity index is 472. The summed E-state index contributed by atoms with van der Waals surface area (Å²) in [4.78, 5) is 23.4. The minimum atomic E-state index is -2.09. The highest BCUT2D eigenvalue weighted by atomic mass is 79.9. The number of carbonyl (C=O) groups is 2. The summed E-state index contributed by atoms with van der Waals surface area (Å²) >= 11 is 6.44. The van der Waals surface area contributed by atoms with Crippen molar-refractivity contribution in [2.24, 2.45) is 5.92 Å². The van der Waals surface area contributed by atoms with Crippen molar-refractivity contribution in [2.45, 2.75) is 26.4 Å². The number of ketones is 2. The molecule has 0 radical (unpaired) electrons. The van der Waals surface area contributed by atoms with E-state index in [0.29, 0.717) is 8.95 Å². The predicted octanol–water partition coefficient (Wildman–Crippen LogP) is 4.35. The van der Waals surface area contributed by atoms with Gasteiger partial charge in [-0.15, -0.1) is 0 Å². The number of hydrogen-bond donors (Lipinski definition) is 0. The molecule has 1 rings (SSSR count). The molecule has 1 atom stereocenters. The molecule has 5 heteroatoms. The Labute approximate surface area is 122 Å². The molecule has 18 heavy (non-hydrogen) atoms. The Morgan fingerprint density at radius 2 is 1.89 bits per heavy atom. The highest BCUT2D eigenvalue weighted by Crippen LogP contribution is 2.28. The van der Waals surface area contributed by atoms with Crippen LogP contribution in [0.5, 0.6) is 0 Å². The Balaban J connectivity index is 2.93. The molecule has 0 aliphatic heterocycles. The van der Waals surface area contributed by atoms with Gasteiger partial charge in [-0.25, -0.2) is 4.39 Å². The average molecular weight is 380 g/mol. The summed E-state index contributed by atoms with van der Waals surface area (Å²) in [7, 11) is 0. The lowest BCUT2D eigenvalue weighted by molar-refractivity contribution is -0.122. The van der Waals surface area contributed by atoms with Crippen LogP contribution in [0.1, 0.15) is 30.6 Å². The van der Waals surface area contributed by atoms with Gasteiger partial charge in [0.2, 0.25) is 12.0 Å². The van der Waals surface area contributed by atoms with E-state index in [4.69, 9.17) is 0 Å². The Hall–Kier alpha value is -0.550. The van der Waals surface area contributed by atoms with Gasteiger partial charge in [-0.3, -0.25) is 9.59 Å². The number of rotatable bonds is 5. The molecular weight excluding hydrogens is 367 g/mol. The molecule has 1 unspecified atom stereocenters. The van der Waals surface area contributed by atoms with E-state index in [-0.39, 0.29) is 17.9 Å². The van der Waals surface area contributed by atoms with Crippen molar-refractivity contribution in [3.8, 4) is 0 Å². The zero-order valence-corrected chi connectivity index (χ0v) is 13.2. The van der Waals surface area contributed by atoms with Crippen LogP contribution in [-0.2, 0) is 4.79 Å². The third-order valence-electron chi connectivity index (χ3n) is 2.34. The molecule has 1 aromatic rings. The van der Waals surface area contributed by atoms with Crippen LogP contribution in [0, 0.1) is 5.92 Å². The first-order valence-corrected chi connectivity index (χ1v) is 7.08. The molecule has 0 aliphatic carbocycles. The average Bonchev–Trinajstić information content (AvgIpc) is 2.30. The fourth-order valence-corrected chi connectivity index (χ4v) is 2.31. The van der Waals surface area contributed by atoms with Gasteiger partial charge in [0.1, 0.15) is 0 Å². The van der Waals surface area contributed by atoms with Gasteiger partial charge in [0.15, 0.2) is 5.78 Å². The van der Waals surface area contributed by atoms with Crippen LogP contribution < -0.4 is 0 Å². The summed E-state index contributed by atoms with van der Waals surface area (Å²) in [5.74, 6) is -1.43. The maximum absolute atomic E-state index is 13.8. The molecule has 2 nitrogen and oxygen atoms in total. The maximum atomic E-state index is 13.8. The zero-order valence-electron chi connectivity index (χ0n) is 10.0. The first-order valence-electron chi connectivity index (χ1n) is 5.49. The second kappa shape index (κ2) is 6.57. The first kappa shape index (κ1) is 15.5. The van der Waals surface area contributed by atoms with Gasteiger partial charge in [0.05, 0.1) is 0 Å². The molecule has 0 heterocycles. The normalized spacial score (nSPS) is 12.6. The molecule has 0 aromatic heterocycles. The molecular formula is C13H13Br2FO2. The van der Waals surface area contributed by atoms with Gasteiger partial charge >= 0.3 is 0 Å². The van der Waals surface area contributed by atoms with E-state index in [1.807, 2.05) is 13.8 Å². The summed E-state index contributed by atoms with van der Waals surface area (Å²) in [6.45, 7) is 3.62. The van der Waals surface area contributed by atoms with E-state index in [1.165, 1.54) is 6.07 Å². The van der Waals surface area contributed by atoms with Crippen molar-refractivity contribution in [3.05, 3.63) is 32.7 Å². The van der Waals surface area contributed by atoms with Crippen molar-refractivity contribution in [2.75, 3.05) is 0 Å². The second-order valence-electron chi connectivity index (χ2n) is 4.39. The molecule has 0 N–H and O–H groups in total. The fourth-order valence-electron chi connectivity index (χ4n) is 1.48. The number of Topliss-reactive ketones (excluding diaryl/α,β-unsaturated/α-hetero) is 2.